The number of amides is 1. The number of sulfonamides is 1. The van der Waals surface area contributed by atoms with Crippen LogP contribution in [-0.4, -0.2) is 43.5 Å². The highest BCUT2D eigenvalue weighted by Crippen LogP contribution is 2.23. The fourth-order valence-corrected chi connectivity index (χ4v) is 3.39. The Hall–Kier alpha value is -1.67. The second-order valence-electron chi connectivity index (χ2n) is 6.05. The number of hydrogen-bond acceptors (Lipinski definition) is 5. The molecule has 2 rings (SSSR count). The molecular weight excluding hydrogens is 311 g/mol. The lowest BCUT2D eigenvalue weighted by molar-refractivity contribution is 0.0304. The van der Waals surface area contributed by atoms with Crippen molar-refractivity contribution < 1.29 is 22.3 Å². The van der Waals surface area contributed by atoms with Gasteiger partial charge in [-0.05, 0) is 45.0 Å². The summed E-state index contributed by atoms with van der Waals surface area (Å²) in [5.74, 6) is -0.548. The van der Waals surface area contributed by atoms with Crippen LogP contribution in [0, 0.1) is 5.82 Å². The normalized spacial score (nSPS) is 16.0. The number of hydrogen-bond donors (Lipinski definition) is 1. The molecule has 0 aliphatic carbocycles. The summed E-state index contributed by atoms with van der Waals surface area (Å²) in [7, 11) is -4.10. The van der Waals surface area contributed by atoms with E-state index in [4.69, 9.17) is 4.74 Å². The number of rotatable bonds is 3. The van der Waals surface area contributed by atoms with Gasteiger partial charge in [-0.1, -0.05) is 0 Å². The first-order valence-electron chi connectivity index (χ1n) is 6.85. The summed E-state index contributed by atoms with van der Waals surface area (Å²) in [5, 5.41) is 2.92. The Morgan fingerprint density at radius 3 is 2.23 bits per heavy atom. The molecule has 0 atom stereocenters. The lowest BCUT2D eigenvalue weighted by Crippen LogP contribution is -2.61. The lowest BCUT2D eigenvalue weighted by Gasteiger charge is -2.37. The van der Waals surface area contributed by atoms with Crippen LogP contribution in [0.1, 0.15) is 20.8 Å². The fraction of sp³-hybridized carbons (Fsp3) is 0.500. The van der Waals surface area contributed by atoms with E-state index in [1.807, 2.05) is 0 Å². The lowest BCUT2D eigenvalue weighted by atomic mass is 10.2. The average molecular weight is 330 g/mol. The second-order valence-corrected chi connectivity index (χ2v) is 7.86. The molecule has 0 bridgehead atoms. The van der Waals surface area contributed by atoms with Gasteiger partial charge in [0, 0.05) is 13.1 Å². The van der Waals surface area contributed by atoms with E-state index in [0.29, 0.717) is 13.1 Å². The van der Waals surface area contributed by atoms with E-state index in [9.17, 15) is 17.6 Å². The van der Waals surface area contributed by atoms with E-state index in [2.05, 4.69) is 5.32 Å². The molecule has 1 fully saturated rings. The topological polar surface area (TPSA) is 75.7 Å². The molecule has 1 aromatic carbocycles. The predicted molar refractivity (Wildman–Crippen MR) is 78.3 cm³/mol. The maximum atomic E-state index is 13.0. The zero-order valence-corrected chi connectivity index (χ0v) is 13.5. The van der Waals surface area contributed by atoms with Gasteiger partial charge in [-0.15, -0.1) is 0 Å². The first kappa shape index (κ1) is 16.7. The van der Waals surface area contributed by atoms with E-state index in [1.165, 1.54) is 0 Å². The third-order valence-electron chi connectivity index (χ3n) is 3.04. The van der Waals surface area contributed by atoms with Crippen LogP contribution in [0.15, 0.2) is 29.2 Å². The molecule has 1 aliphatic heterocycles. The molecular formula is C14H19FN2O4S. The van der Waals surface area contributed by atoms with Crippen LogP contribution in [0.2, 0.25) is 0 Å². The summed E-state index contributed by atoms with van der Waals surface area (Å²) in [6, 6.07) is 3.84. The maximum absolute atomic E-state index is 13.0. The average Bonchev–Trinajstić information content (AvgIpc) is 2.31. The first-order chi connectivity index (χ1) is 10.1. The van der Waals surface area contributed by atoms with Crippen LogP contribution in [-0.2, 0) is 14.8 Å². The summed E-state index contributed by atoms with van der Waals surface area (Å²) < 4.78 is 44.3. The highest BCUT2D eigenvalue weighted by molar-refractivity contribution is 7.89. The number of halogens is 1. The van der Waals surface area contributed by atoms with Crippen LogP contribution in [0.3, 0.4) is 0 Å². The third-order valence-corrected chi connectivity index (χ3v) is 4.87. The Bertz CT molecular complexity index is 648. The van der Waals surface area contributed by atoms with E-state index < -0.39 is 33.6 Å². The van der Waals surface area contributed by atoms with Gasteiger partial charge in [0.1, 0.15) is 11.4 Å². The van der Waals surface area contributed by atoms with Gasteiger partial charge >= 0.3 is 6.09 Å². The van der Waals surface area contributed by atoms with Crippen LogP contribution < -0.4 is 5.32 Å². The van der Waals surface area contributed by atoms with Crippen molar-refractivity contribution in [3.8, 4) is 0 Å². The van der Waals surface area contributed by atoms with Crippen molar-refractivity contribution in [1.29, 1.82) is 0 Å². The molecule has 1 aliphatic rings. The Morgan fingerprint density at radius 1 is 1.27 bits per heavy atom. The molecule has 1 heterocycles. The zero-order valence-electron chi connectivity index (χ0n) is 12.7. The molecule has 1 amide bonds. The number of carbonyl (C=O) groups is 1. The molecule has 1 N–H and O–H groups in total. The van der Waals surface area contributed by atoms with E-state index in [0.717, 1.165) is 28.6 Å². The summed E-state index contributed by atoms with van der Waals surface area (Å²) in [4.78, 5) is 12.2. The minimum absolute atomic E-state index is 0.147. The molecule has 0 aromatic heterocycles. The molecule has 0 unspecified atom stereocenters. The molecule has 1 aromatic rings. The number of nitrogens with zero attached hydrogens (tertiary/aromatic N) is 1. The Morgan fingerprint density at radius 2 is 1.82 bits per heavy atom. The van der Waals surface area contributed by atoms with Crippen molar-refractivity contribution in [3.63, 3.8) is 0 Å². The van der Waals surface area contributed by atoms with Gasteiger partial charge in [-0.3, -0.25) is 0 Å². The fourth-order valence-electron chi connectivity index (χ4n) is 1.91. The number of ether oxygens (including phenoxy) is 1. The van der Waals surface area contributed by atoms with Gasteiger partial charge in [0.2, 0.25) is 0 Å². The van der Waals surface area contributed by atoms with Crippen molar-refractivity contribution in [2.24, 2.45) is 0 Å². The van der Waals surface area contributed by atoms with Gasteiger partial charge < -0.3 is 10.1 Å². The molecule has 0 radical (unpaired) electrons. The van der Waals surface area contributed by atoms with Crippen molar-refractivity contribution in [3.05, 3.63) is 30.1 Å². The number of carbonyl (C=O) groups excluding carboxylic acids is 1. The standard InChI is InChI=1S/C14H19FN2O4S/c1-14(2,3)21-13(18)17(11-8-16-9-11)22(19,20)12-6-4-10(15)5-7-12/h4-7,11,16H,8-9H2,1-3H3. The van der Waals surface area contributed by atoms with E-state index in [-0.39, 0.29) is 4.90 Å². The largest absolute Gasteiger partial charge is 0.443 e. The summed E-state index contributed by atoms with van der Waals surface area (Å²) in [6.45, 7) is 5.70. The number of nitrogens with one attached hydrogen (secondary N) is 1. The summed E-state index contributed by atoms with van der Waals surface area (Å²) >= 11 is 0. The minimum Gasteiger partial charge on any atom is -0.443 e. The molecule has 8 heteroatoms. The molecule has 1 saturated heterocycles. The minimum atomic E-state index is -4.10. The van der Waals surface area contributed by atoms with Crippen LogP contribution in [0.5, 0.6) is 0 Å². The Balaban J connectivity index is 2.36. The van der Waals surface area contributed by atoms with Crippen molar-refractivity contribution in [1.82, 2.24) is 9.62 Å². The predicted octanol–water partition coefficient (Wildman–Crippen LogP) is 1.72. The molecule has 6 nitrogen and oxygen atoms in total. The van der Waals surface area contributed by atoms with E-state index >= 15 is 0 Å². The zero-order chi connectivity index (χ0) is 16.5. The van der Waals surface area contributed by atoms with Gasteiger partial charge in [0.15, 0.2) is 0 Å². The van der Waals surface area contributed by atoms with Gasteiger partial charge in [0.05, 0.1) is 10.9 Å². The smallest absolute Gasteiger partial charge is 0.424 e. The van der Waals surface area contributed by atoms with E-state index in [1.54, 1.807) is 20.8 Å². The van der Waals surface area contributed by atoms with Crippen LogP contribution in [0.4, 0.5) is 9.18 Å². The first-order valence-corrected chi connectivity index (χ1v) is 8.29. The third kappa shape index (κ3) is 3.56. The summed E-state index contributed by atoms with van der Waals surface area (Å²) in [6.07, 6.45) is -0.927. The Kier molecular flexibility index (Phi) is 4.44. The van der Waals surface area contributed by atoms with Crippen molar-refractivity contribution >= 4 is 16.1 Å². The monoisotopic (exact) mass is 330 g/mol. The molecule has 0 saturated carbocycles. The summed E-state index contributed by atoms with van der Waals surface area (Å²) in [5.41, 5.74) is -0.815. The molecule has 122 valence electrons. The SMILES string of the molecule is CC(C)(C)OC(=O)N(C1CNC1)S(=O)(=O)c1ccc(F)cc1. The molecule has 0 spiro atoms. The van der Waals surface area contributed by atoms with Gasteiger partial charge in [-0.2, -0.15) is 4.31 Å². The highest BCUT2D eigenvalue weighted by atomic mass is 32.2. The number of benzene rings is 1. The van der Waals surface area contributed by atoms with Crippen LogP contribution in [0.25, 0.3) is 0 Å². The highest BCUT2D eigenvalue weighted by Gasteiger charge is 2.41. The Labute approximate surface area is 129 Å². The van der Waals surface area contributed by atoms with Gasteiger partial charge in [-0.25, -0.2) is 17.6 Å². The quantitative estimate of drug-likeness (QED) is 0.913. The van der Waals surface area contributed by atoms with Crippen LogP contribution >= 0.6 is 0 Å². The molecule has 22 heavy (non-hydrogen) atoms. The van der Waals surface area contributed by atoms with Crippen molar-refractivity contribution in [2.45, 2.75) is 37.3 Å². The maximum Gasteiger partial charge on any atom is 0.424 e. The van der Waals surface area contributed by atoms with Crippen molar-refractivity contribution in [2.75, 3.05) is 13.1 Å². The van der Waals surface area contributed by atoms with Gasteiger partial charge in [0.25, 0.3) is 10.0 Å². The second kappa shape index (κ2) is 5.85.